The molecule has 0 aromatic carbocycles. The van der Waals surface area contributed by atoms with E-state index in [0.717, 1.165) is 6.42 Å². The van der Waals surface area contributed by atoms with Crippen LogP contribution in [0, 0.1) is 5.41 Å². The second-order valence-electron chi connectivity index (χ2n) is 5.45. The molecule has 1 aliphatic rings. The molecule has 1 fully saturated rings. The molecule has 1 rings (SSSR count). The number of rotatable bonds is 1. The molecule has 0 N–H and O–H groups in total. The van der Waals surface area contributed by atoms with Crippen molar-refractivity contribution in [3.8, 4) is 0 Å². The monoisotopic (exact) mass is 197 g/mol. The summed E-state index contributed by atoms with van der Waals surface area (Å²) >= 11 is 0. The van der Waals surface area contributed by atoms with Crippen LogP contribution >= 0.6 is 0 Å². The Hall–Kier alpha value is -0.530. The standard InChI is InChI=1S/C12H23NO/c1-6-10-8-7-9(2)13(10)11(14)12(3,4)5/h9-10H,6-8H2,1-5H3/t9-,10+/m0/s1. The average Bonchev–Trinajstić information content (AvgIpc) is 2.43. The molecule has 0 aliphatic carbocycles. The molecule has 0 saturated carbocycles. The van der Waals surface area contributed by atoms with Crippen molar-refractivity contribution in [3.05, 3.63) is 0 Å². The highest BCUT2D eigenvalue weighted by Crippen LogP contribution is 2.30. The summed E-state index contributed by atoms with van der Waals surface area (Å²) in [5, 5.41) is 0. The van der Waals surface area contributed by atoms with Crippen molar-refractivity contribution < 1.29 is 4.79 Å². The molecule has 2 heteroatoms. The third kappa shape index (κ3) is 2.10. The third-order valence-electron chi connectivity index (χ3n) is 3.13. The zero-order chi connectivity index (χ0) is 10.9. The molecule has 2 atom stereocenters. The first-order valence-electron chi connectivity index (χ1n) is 5.70. The van der Waals surface area contributed by atoms with E-state index >= 15 is 0 Å². The highest BCUT2D eigenvalue weighted by molar-refractivity contribution is 5.82. The maximum absolute atomic E-state index is 12.2. The van der Waals surface area contributed by atoms with Gasteiger partial charge in [0.15, 0.2) is 0 Å². The normalized spacial score (nSPS) is 28.2. The van der Waals surface area contributed by atoms with Crippen LogP contribution in [0.2, 0.25) is 0 Å². The fourth-order valence-corrected chi connectivity index (χ4v) is 2.23. The van der Waals surface area contributed by atoms with E-state index in [1.165, 1.54) is 12.8 Å². The van der Waals surface area contributed by atoms with Crippen molar-refractivity contribution in [3.63, 3.8) is 0 Å². The Morgan fingerprint density at radius 3 is 2.36 bits per heavy atom. The van der Waals surface area contributed by atoms with E-state index in [1.54, 1.807) is 0 Å². The summed E-state index contributed by atoms with van der Waals surface area (Å²) in [5.41, 5.74) is -0.230. The Balaban J connectivity index is 2.79. The molecule has 82 valence electrons. The maximum atomic E-state index is 12.2. The van der Waals surface area contributed by atoms with Gasteiger partial charge in [-0.3, -0.25) is 4.79 Å². The van der Waals surface area contributed by atoms with Gasteiger partial charge in [0.05, 0.1) is 0 Å². The topological polar surface area (TPSA) is 20.3 Å². The number of carbonyl (C=O) groups is 1. The number of likely N-dealkylation sites (tertiary alicyclic amines) is 1. The van der Waals surface area contributed by atoms with Gasteiger partial charge in [-0.2, -0.15) is 0 Å². The minimum atomic E-state index is -0.230. The van der Waals surface area contributed by atoms with Crippen molar-refractivity contribution in [1.29, 1.82) is 0 Å². The van der Waals surface area contributed by atoms with E-state index in [0.29, 0.717) is 18.0 Å². The molecule has 1 aliphatic heterocycles. The molecule has 0 spiro atoms. The molecule has 1 saturated heterocycles. The zero-order valence-electron chi connectivity index (χ0n) is 10.1. The molecular formula is C12H23NO. The minimum Gasteiger partial charge on any atom is -0.337 e. The first-order chi connectivity index (χ1) is 6.38. The summed E-state index contributed by atoms with van der Waals surface area (Å²) in [5.74, 6) is 0.314. The van der Waals surface area contributed by atoms with Gasteiger partial charge < -0.3 is 4.90 Å². The Morgan fingerprint density at radius 2 is 1.93 bits per heavy atom. The zero-order valence-corrected chi connectivity index (χ0v) is 10.1. The average molecular weight is 197 g/mol. The van der Waals surface area contributed by atoms with Crippen LogP contribution in [0.4, 0.5) is 0 Å². The molecule has 2 nitrogen and oxygen atoms in total. The molecule has 1 heterocycles. The second kappa shape index (κ2) is 3.92. The highest BCUT2D eigenvalue weighted by Gasteiger charge is 2.37. The van der Waals surface area contributed by atoms with E-state index in [4.69, 9.17) is 0 Å². The van der Waals surface area contributed by atoms with Gasteiger partial charge in [-0.25, -0.2) is 0 Å². The van der Waals surface area contributed by atoms with Gasteiger partial charge in [0.1, 0.15) is 0 Å². The second-order valence-corrected chi connectivity index (χ2v) is 5.45. The third-order valence-corrected chi connectivity index (χ3v) is 3.13. The molecule has 0 unspecified atom stereocenters. The van der Waals surface area contributed by atoms with Gasteiger partial charge >= 0.3 is 0 Å². The predicted octanol–water partition coefficient (Wildman–Crippen LogP) is 2.82. The fourth-order valence-electron chi connectivity index (χ4n) is 2.23. The van der Waals surface area contributed by atoms with Crippen LogP contribution in [0.5, 0.6) is 0 Å². The Morgan fingerprint density at radius 1 is 1.36 bits per heavy atom. The van der Waals surface area contributed by atoms with Gasteiger partial charge in [0.2, 0.25) is 5.91 Å². The van der Waals surface area contributed by atoms with Crippen LogP contribution < -0.4 is 0 Å². The van der Waals surface area contributed by atoms with Gasteiger partial charge in [0, 0.05) is 17.5 Å². The number of amides is 1. The Kier molecular flexibility index (Phi) is 3.23. The summed E-state index contributed by atoms with van der Waals surface area (Å²) in [4.78, 5) is 14.3. The highest BCUT2D eigenvalue weighted by atomic mass is 16.2. The summed E-state index contributed by atoms with van der Waals surface area (Å²) in [6.07, 6.45) is 3.44. The number of hydrogen-bond acceptors (Lipinski definition) is 1. The van der Waals surface area contributed by atoms with E-state index in [1.807, 2.05) is 20.8 Å². The van der Waals surface area contributed by atoms with Gasteiger partial charge in [-0.1, -0.05) is 27.7 Å². The van der Waals surface area contributed by atoms with Crippen LogP contribution in [-0.4, -0.2) is 22.9 Å². The molecule has 0 aromatic rings. The largest absolute Gasteiger partial charge is 0.337 e. The maximum Gasteiger partial charge on any atom is 0.228 e. The molecule has 0 radical (unpaired) electrons. The first-order valence-corrected chi connectivity index (χ1v) is 5.70. The van der Waals surface area contributed by atoms with Gasteiger partial charge in [-0.15, -0.1) is 0 Å². The van der Waals surface area contributed by atoms with Crippen molar-refractivity contribution in [2.24, 2.45) is 5.41 Å². The SMILES string of the molecule is CC[C@@H]1CC[C@H](C)N1C(=O)C(C)(C)C. The van der Waals surface area contributed by atoms with Crippen molar-refractivity contribution in [2.75, 3.05) is 0 Å². The van der Waals surface area contributed by atoms with Crippen molar-refractivity contribution in [1.82, 2.24) is 4.90 Å². The van der Waals surface area contributed by atoms with E-state index in [9.17, 15) is 4.79 Å². The molecule has 0 bridgehead atoms. The number of carbonyl (C=O) groups excluding carboxylic acids is 1. The van der Waals surface area contributed by atoms with E-state index in [-0.39, 0.29) is 5.41 Å². The van der Waals surface area contributed by atoms with Crippen LogP contribution in [-0.2, 0) is 4.79 Å². The Bertz CT molecular complexity index is 217. The smallest absolute Gasteiger partial charge is 0.228 e. The lowest BCUT2D eigenvalue weighted by molar-refractivity contribution is -0.142. The van der Waals surface area contributed by atoms with Crippen LogP contribution in [0.3, 0.4) is 0 Å². The van der Waals surface area contributed by atoms with Crippen LogP contribution in [0.25, 0.3) is 0 Å². The van der Waals surface area contributed by atoms with Gasteiger partial charge in [-0.05, 0) is 26.2 Å². The summed E-state index contributed by atoms with van der Waals surface area (Å²) in [6.45, 7) is 10.4. The lowest BCUT2D eigenvalue weighted by atomic mass is 9.93. The van der Waals surface area contributed by atoms with Gasteiger partial charge in [0.25, 0.3) is 0 Å². The molecular weight excluding hydrogens is 174 g/mol. The van der Waals surface area contributed by atoms with E-state index < -0.39 is 0 Å². The predicted molar refractivity (Wildman–Crippen MR) is 59.1 cm³/mol. The molecule has 1 amide bonds. The minimum absolute atomic E-state index is 0.230. The summed E-state index contributed by atoms with van der Waals surface area (Å²) < 4.78 is 0. The Labute approximate surface area is 87.7 Å². The molecule has 0 aromatic heterocycles. The summed E-state index contributed by atoms with van der Waals surface area (Å²) in [7, 11) is 0. The molecule has 14 heavy (non-hydrogen) atoms. The first kappa shape index (κ1) is 11.5. The number of hydrogen-bond donors (Lipinski definition) is 0. The number of nitrogens with zero attached hydrogens (tertiary/aromatic N) is 1. The lowest BCUT2D eigenvalue weighted by Gasteiger charge is -2.33. The van der Waals surface area contributed by atoms with E-state index in [2.05, 4.69) is 18.7 Å². The quantitative estimate of drug-likeness (QED) is 0.633. The fraction of sp³-hybridized carbons (Fsp3) is 0.917. The van der Waals surface area contributed by atoms with Crippen molar-refractivity contribution in [2.45, 2.75) is 66.0 Å². The van der Waals surface area contributed by atoms with Crippen LogP contribution in [0.15, 0.2) is 0 Å². The van der Waals surface area contributed by atoms with Crippen LogP contribution in [0.1, 0.15) is 53.9 Å². The van der Waals surface area contributed by atoms with Crippen molar-refractivity contribution >= 4 is 5.91 Å². The summed E-state index contributed by atoms with van der Waals surface area (Å²) in [6, 6.07) is 0.920. The lowest BCUT2D eigenvalue weighted by Crippen LogP contribution is -2.45.